The van der Waals surface area contributed by atoms with E-state index in [2.05, 4.69) is 15.6 Å². The van der Waals surface area contributed by atoms with E-state index >= 15 is 0 Å². The summed E-state index contributed by atoms with van der Waals surface area (Å²) in [5.74, 6) is -5.58. The van der Waals surface area contributed by atoms with Gasteiger partial charge >= 0.3 is 11.9 Å². The van der Waals surface area contributed by atoms with Crippen LogP contribution in [0.25, 0.3) is 10.9 Å². The Morgan fingerprint density at radius 1 is 0.895 bits per heavy atom. The topological polar surface area (TPSA) is 250 Å². The third-order valence-electron chi connectivity index (χ3n) is 5.84. The third kappa shape index (κ3) is 8.83. The Kier molecular flexibility index (Phi) is 11.7. The van der Waals surface area contributed by atoms with Crippen LogP contribution in [0.2, 0.25) is 0 Å². The smallest absolute Gasteiger partial charge is 0.326 e. The maximum Gasteiger partial charge on any atom is 0.326 e. The minimum atomic E-state index is -1.77. The molecule has 38 heavy (non-hydrogen) atoms. The first-order valence-corrected chi connectivity index (χ1v) is 12.0. The van der Waals surface area contributed by atoms with Gasteiger partial charge in [-0.25, -0.2) is 4.79 Å². The number of para-hydroxylation sites is 1. The summed E-state index contributed by atoms with van der Waals surface area (Å²) >= 11 is 0. The van der Waals surface area contributed by atoms with Crippen LogP contribution in [-0.2, 0) is 30.4 Å². The molecule has 3 amide bonds. The minimum absolute atomic E-state index is 0.158. The molecule has 0 aliphatic carbocycles. The Balaban J connectivity index is 2.07. The van der Waals surface area contributed by atoms with Gasteiger partial charge in [-0.3, -0.25) is 19.2 Å². The number of carboxylic acid groups (broad SMARTS) is 2. The van der Waals surface area contributed by atoms with Crippen LogP contribution < -0.4 is 27.4 Å². The average molecular weight is 535 g/mol. The van der Waals surface area contributed by atoms with E-state index in [4.69, 9.17) is 21.7 Å². The van der Waals surface area contributed by atoms with Gasteiger partial charge in [-0.1, -0.05) is 18.2 Å². The zero-order valence-electron chi connectivity index (χ0n) is 20.7. The number of nitrogens with two attached hydrogens (primary N) is 2. The number of unbranched alkanes of at least 4 members (excludes halogenated alkanes) is 1. The van der Waals surface area contributed by atoms with Gasteiger partial charge in [0.25, 0.3) is 0 Å². The van der Waals surface area contributed by atoms with Crippen LogP contribution in [0, 0.1) is 0 Å². The first-order valence-electron chi connectivity index (χ1n) is 12.0. The molecule has 0 spiro atoms. The van der Waals surface area contributed by atoms with Crippen LogP contribution in [-0.4, -0.2) is 87.3 Å². The van der Waals surface area contributed by atoms with Crippen LogP contribution in [0.1, 0.15) is 31.2 Å². The zero-order valence-corrected chi connectivity index (χ0v) is 20.7. The number of aromatic nitrogens is 1. The summed E-state index contributed by atoms with van der Waals surface area (Å²) in [5.41, 5.74) is 13.3. The van der Waals surface area contributed by atoms with Crippen molar-refractivity contribution in [2.45, 2.75) is 56.3 Å². The van der Waals surface area contributed by atoms with Crippen molar-refractivity contribution < 1.29 is 39.3 Å². The molecule has 2 aromatic rings. The van der Waals surface area contributed by atoms with Gasteiger partial charge in [0.15, 0.2) is 0 Å². The molecule has 14 heteroatoms. The molecule has 0 saturated heterocycles. The van der Waals surface area contributed by atoms with Crippen molar-refractivity contribution in [1.29, 1.82) is 0 Å². The summed E-state index contributed by atoms with van der Waals surface area (Å²) in [4.78, 5) is 63.4. The number of carbonyl (C=O) groups is 5. The van der Waals surface area contributed by atoms with Crippen LogP contribution in [0.4, 0.5) is 0 Å². The second-order valence-corrected chi connectivity index (χ2v) is 8.76. The van der Waals surface area contributed by atoms with Gasteiger partial charge < -0.3 is 47.7 Å². The van der Waals surface area contributed by atoms with Crippen molar-refractivity contribution in [2.24, 2.45) is 11.5 Å². The Labute approximate surface area is 218 Å². The highest BCUT2D eigenvalue weighted by Crippen LogP contribution is 2.18. The summed E-state index contributed by atoms with van der Waals surface area (Å²) in [5, 5.41) is 35.3. The van der Waals surface area contributed by atoms with Crippen LogP contribution in [0.3, 0.4) is 0 Å². The molecule has 0 saturated carbocycles. The first kappa shape index (κ1) is 30.2. The van der Waals surface area contributed by atoms with Gasteiger partial charge in [-0.2, -0.15) is 0 Å². The number of nitrogens with one attached hydrogen (secondary N) is 4. The van der Waals surface area contributed by atoms with Gasteiger partial charge in [0.1, 0.15) is 18.1 Å². The van der Waals surface area contributed by atoms with Gasteiger partial charge in [-0.05, 0) is 43.9 Å². The minimum Gasteiger partial charge on any atom is -0.481 e. The molecular weight excluding hydrogens is 500 g/mol. The molecule has 1 aromatic carbocycles. The highest BCUT2D eigenvalue weighted by atomic mass is 16.4. The summed E-state index contributed by atoms with van der Waals surface area (Å²) in [6, 6.07) is 2.02. The van der Waals surface area contributed by atoms with Crippen molar-refractivity contribution in [2.75, 3.05) is 13.2 Å². The predicted molar refractivity (Wildman–Crippen MR) is 136 cm³/mol. The molecule has 0 aliphatic rings. The molecule has 0 fully saturated rings. The van der Waals surface area contributed by atoms with Crippen molar-refractivity contribution >= 4 is 40.6 Å². The molecule has 0 bridgehead atoms. The zero-order chi connectivity index (χ0) is 28.2. The Bertz CT molecular complexity index is 1140. The number of amides is 3. The lowest BCUT2D eigenvalue weighted by molar-refractivity contribution is -0.147. The number of benzene rings is 1. The Morgan fingerprint density at radius 3 is 2.16 bits per heavy atom. The average Bonchev–Trinajstić information content (AvgIpc) is 3.28. The lowest BCUT2D eigenvalue weighted by Gasteiger charge is -2.24. The standard InChI is InChI=1S/C24H34N6O8/c25-8-4-3-7-17(22(35)30-19(12-31)23(36)29-18(24(37)38)10-20(32)33)28-21(34)15(26)9-13-11-27-16-6-2-1-5-14(13)16/h1-2,5-6,11,15,17-19,27,31H,3-4,7-10,12,25-26H2,(H,28,34)(H,29,36)(H,30,35)(H,32,33)(H,37,38). The van der Waals surface area contributed by atoms with E-state index in [0.29, 0.717) is 19.4 Å². The maximum atomic E-state index is 13.0. The molecule has 1 aromatic heterocycles. The maximum absolute atomic E-state index is 13.0. The molecule has 0 radical (unpaired) electrons. The summed E-state index contributed by atoms with van der Waals surface area (Å²) in [6.07, 6.45) is 2.21. The molecule has 14 nitrogen and oxygen atoms in total. The van der Waals surface area contributed by atoms with Crippen LogP contribution in [0.15, 0.2) is 30.5 Å². The van der Waals surface area contributed by atoms with E-state index < -0.39 is 66.9 Å². The SMILES string of the molecule is NCCCCC(NC(=O)C(N)Cc1c[nH]c2ccccc12)C(=O)NC(CO)C(=O)NC(CC(=O)O)C(=O)O. The number of aliphatic hydroxyl groups is 1. The van der Waals surface area contributed by atoms with Crippen molar-refractivity contribution in [3.05, 3.63) is 36.0 Å². The summed E-state index contributed by atoms with van der Waals surface area (Å²) < 4.78 is 0. The molecule has 0 aliphatic heterocycles. The number of hydrogen-bond donors (Lipinski definition) is 9. The summed E-state index contributed by atoms with van der Waals surface area (Å²) in [7, 11) is 0. The summed E-state index contributed by atoms with van der Waals surface area (Å²) in [6.45, 7) is -0.551. The number of hydrogen-bond acceptors (Lipinski definition) is 8. The molecule has 1 heterocycles. The molecule has 208 valence electrons. The van der Waals surface area contributed by atoms with Gasteiger partial charge in [0.2, 0.25) is 17.7 Å². The predicted octanol–water partition coefficient (Wildman–Crippen LogP) is -1.83. The van der Waals surface area contributed by atoms with E-state index in [0.717, 1.165) is 16.5 Å². The number of aromatic amines is 1. The molecule has 4 unspecified atom stereocenters. The van der Waals surface area contributed by atoms with E-state index in [1.165, 1.54) is 0 Å². The van der Waals surface area contributed by atoms with E-state index in [1.807, 2.05) is 29.6 Å². The number of aliphatic hydroxyl groups excluding tert-OH is 1. The van der Waals surface area contributed by atoms with Crippen molar-refractivity contribution in [1.82, 2.24) is 20.9 Å². The largest absolute Gasteiger partial charge is 0.481 e. The molecular formula is C24H34N6O8. The second kappa shape index (κ2) is 14.7. The highest BCUT2D eigenvalue weighted by Gasteiger charge is 2.30. The fraction of sp³-hybridized carbons (Fsp3) is 0.458. The highest BCUT2D eigenvalue weighted by molar-refractivity contribution is 5.95. The number of fused-ring (bicyclic) bond motifs is 1. The molecule has 2 rings (SSSR count). The Hall–Kier alpha value is -4.01. The number of carbonyl (C=O) groups excluding carboxylic acids is 3. The number of H-pyrrole nitrogens is 1. The first-order chi connectivity index (χ1) is 18.1. The lowest BCUT2D eigenvalue weighted by atomic mass is 10.0. The molecule has 4 atom stereocenters. The van der Waals surface area contributed by atoms with E-state index in [9.17, 15) is 29.1 Å². The van der Waals surface area contributed by atoms with Gasteiger partial charge in [0.05, 0.1) is 19.1 Å². The lowest BCUT2D eigenvalue weighted by Crippen LogP contribution is -2.58. The van der Waals surface area contributed by atoms with Crippen LogP contribution in [0.5, 0.6) is 0 Å². The van der Waals surface area contributed by atoms with E-state index in [1.54, 1.807) is 6.20 Å². The monoisotopic (exact) mass is 534 g/mol. The van der Waals surface area contributed by atoms with Crippen LogP contribution >= 0.6 is 0 Å². The van der Waals surface area contributed by atoms with Crippen molar-refractivity contribution in [3.63, 3.8) is 0 Å². The Morgan fingerprint density at radius 2 is 1.53 bits per heavy atom. The fourth-order valence-corrected chi connectivity index (χ4v) is 3.78. The normalized spacial score (nSPS) is 14.2. The van der Waals surface area contributed by atoms with Crippen molar-refractivity contribution in [3.8, 4) is 0 Å². The van der Waals surface area contributed by atoms with Gasteiger partial charge in [-0.15, -0.1) is 0 Å². The van der Waals surface area contributed by atoms with Gasteiger partial charge in [0, 0.05) is 17.1 Å². The quantitative estimate of drug-likeness (QED) is 0.109. The fourth-order valence-electron chi connectivity index (χ4n) is 3.78. The second-order valence-electron chi connectivity index (χ2n) is 8.76. The third-order valence-corrected chi connectivity index (χ3v) is 5.84. The van der Waals surface area contributed by atoms with E-state index in [-0.39, 0.29) is 12.8 Å². The number of carboxylic acids is 2. The molecule has 11 N–H and O–H groups in total. The number of rotatable bonds is 16. The number of aliphatic carboxylic acids is 2.